The van der Waals surface area contributed by atoms with Crippen molar-refractivity contribution in [2.24, 2.45) is 0 Å². The Morgan fingerprint density at radius 2 is 1.89 bits per heavy atom. The van der Waals surface area contributed by atoms with E-state index in [0.717, 1.165) is 29.2 Å². The van der Waals surface area contributed by atoms with Crippen molar-refractivity contribution in [1.82, 2.24) is 4.90 Å². The van der Waals surface area contributed by atoms with Crippen LogP contribution in [0.15, 0.2) is 28.7 Å². The van der Waals surface area contributed by atoms with E-state index in [1.807, 2.05) is 24.3 Å². The van der Waals surface area contributed by atoms with E-state index in [2.05, 4.69) is 20.8 Å². The first kappa shape index (κ1) is 13.1. The number of carboxylic acids is 1. The minimum absolute atomic E-state index is 0.685. The second-order valence-corrected chi connectivity index (χ2v) is 6.49. The molecular formula is C15H18BrNO2. The molecule has 1 N–H and O–H groups in total. The highest BCUT2D eigenvalue weighted by Crippen LogP contribution is 2.41. The molecule has 0 amide bonds. The molecule has 0 radical (unpaired) electrons. The minimum Gasteiger partial charge on any atom is -0.481 e. The molecule has 1 aromatic carbocycles. The second-order valence-electron chi connectivity index (χ2n) is 5.63. The molecule has 0 atom stereocenters. The molecule has 0 bridgehead atoms. The van der Waals surface area contributed by atoms with Gasteiger partial charge in [0.05, 0.1) is 5.41 Å². The first-order valence-corrected chi connectivity index (χ1v) is 7.65. The number of hydrogen-bond donors (Lipinski definition) is 1. The topological polar surface area (TPSA) is 40.5 Å². The van der Waals surface area contributed by atoms with E-state index < -0.39 is 11.4 Å². The lowest BCUT2D eigenvalue weighted by atomic mass is 9.73. The lowest BCUT2D eigenvalue weighted by molar-refractivity contribution is -0.146. The zero-order valence-electron chi connectivity index (χ0n) is 10.8. The summed E-state index contributed by atoms with van der Waals surface area (Å²) in [6.45, 7) is 1.80. The first-order valence-electron chi connectivity index (χ1n) is 6.86. The van der Waals surface area contributed by atoms with Gasteiger partial charge >= 0.3 is 5.97 Å². The SMILES string of the molecule is O=C(O)C1(c2ccccc2Br)CCN(C2CC2)CC1. The van der Waals surface area contributed by atoms with Crippen molar-refractivity contribution in [3.8, 4) is 0 Å². The molecular weight excluding hydrogens is 306 g/mol. The van der Waals surface area contributed by atoms with E-state index in [4.69, 9.17) is 0 Å². The smallest absolute Gasteiger partial charge is 0.314 e. The Morgan fingerprint density at radius 3 is 2.42 bits per heavy atom. The molecule has 1 saturated heterocycles. The van der Waals surface area contributed by atoms with Gasteiger partial charge in [0.25, 0.3) is 0 Å². The van der Waals surface area contributed by atoms with Gasteiger partial charge in [-0.15, -0.1) is 0 Å². The van der Waals surface area contributed by atoms with Crippen molar-refractivity contribution in [3.63, 3.8) is 0 Å². The number of likely N-dealkylation sites (tertiary alicyclic amines) is 1. The highest BCUT2D eigenvalue weighted by molar-refractivity contribution is 9.10. The van der Waals surface area contributed by atoms with E-state index in [1.54, 1.807) is 0 Å². The molecule has 2 aliphatic rings. The van der Waals surface area contributed by atoms with E-state index in [1.165, 1.54) is 12.8 Å². The Bertz CT molecular complexity index is 491. The maximum Gasteiger partial charge on any atom is 0.314 e. The molecule has 1 aromatic rings. The number of carboxylic acid groups (broad SMARTS) is 1. The number of carbonyl (C=O) groups is 1. The monoisotopic (exact) mass is 323 g/mol. The summed E-state index contributed by atoms with van der Waals surface area (Å²) >= 11 is 3.51. The number of piperidine rings is 1. The zero-order chi connectivity index (χ0) is 13.5. The van der Waals surface area contributed by atoms with Crippen LogP contribution in [0.1, 0.15) is 31.2 Å². The molecule has 19 heavy (non-hydrogen) atoms. The third kappa shape index (κ3) is 2.32. The van der Waals surface area contributed by atoms with Crippen LogP contribution < -0.4 is 0 Å². The average molecular weight is 324 g/mol. The van der Waals surface area contributed by atoms with Gasteiger partial charge < -0.3 is 10.0 Å². The number of benzene rings is 1. The van der Waals surface area contributed by atoms with Crippen LogP contribution in [0.2, 0.25) is 0 Å². The van der Waals surface area contributed by atoms with Crippen molar-refractivity contribution in [1.29, 1.82) is 0 Å². The van der Waals surface area contributed by atoms with Crippen molar-refractivity contribution < 1.29 is 9.90 Å². The Kier molecular flexibility index (Phi) is 3.39. The van der Waals surface area contributed by atoms with Gasteiger partial charge in [-0.2, -0.15) is 0 Å². The number of hydrogen-bond acceptors (Lipinski definition) is 2. The summed E-state index contributed by atoms with van der Waals surface area (Å²) in [6.07, 6.45) is 3.99. The quantitative estimate of drug-likeness (QED) is 0.929. The third-order valence-electron chi connectivity index (χ3n) is 4.51. The number of nitrogens with zero attached hydrogens (tertiary/aromatic N) is 1. The van der Waals surface area contributed by atoms with Crippen LogP contribution >= 0.6 is 15.9 Å². The molecule has 3 nitrogen and oxygen atoms in total. The average Bonchev–Trinajstić information content (AvgIpc) is 3.23. The highest BCUT2D eigenvalue weighted by Gasteiger charge is 2.46. The van der Waals surface area contributed by atoms with Crippen LogP contribution in [-0.2, 0) is 10.2 Å². The molecule has 1 aliphatic carbocycles. The minimum atomic E-state index is -0.717. The first-order chi connectivity index (χ1) is 9.13. The summed E-state index contributed by atoms with van der Waals surface area (Å²) in [4.78, 5) is 14.3. The lowest BCUT2D eigenvalue weighted by Gasteiger charge is -2.39. The molecule has 0 unspecified atom stereocenters. The number of aliphatic carboxylic acids is 1. The standard InChI is InChI=1S/C15H18BrNO2/c16-13-4-2-1-3-12(13)15(14(18)19)7-9-17(10-8-15)11-5-6-11/h1-4,11H,5-10H2,(H,18,19). The van der Waals surface area contributed by atoms with Crippen LogP contribution in [0.4, 0.5) is 0 Å². The maximum atomic E-state index is 11.9. The van der Waals surface area contributed by atoms with Gasteiger partial charge in [-0.05, 0) is 50.4 Å². The van der Waals surface area contributed by atoms with Crippen molar-refractivity contribution in [3.05, 3.63) is 34.3 Å². The Balaban J connectivity index is 1.89. The predicted octanol–water partition coefficient (Wildman–Crippen LogP) is 3.03. The number of rotatable bonds is 3. The summed E-state index contributed by atoms with van der Waals surface area (Å²) < 4.78 is 0.914. The van der Waals surface area contributed by atoms with Crippen molar-refractivity contribution in [2.75, 3.05) is 13.1 Å². The summed E-state index contributed by atoms with van der Waals surface area (Å²) in [5, 5.41) is 9.77. The van der Waals surface area contributed by atoms with E-state index >= 15 is 0 Å². The fourth-order valence-corrected chi connectivity index (χ4v) is 3.82. The van der Waals surface area contributed by atoms with Gasteiger partial charge in [-0.25, -0.2) is 0 Å². The molecule has 1 aliphatic heterocycles. The van der Waals surface area contributed by atoms with Crippen LogP contribution in [-0.4, -0.2) is 35.1 Å². The second kappa shape index (κ2) is 4.91. The van der Waals surface area contributed by atoms with Gasteiger partial charge in [-0.3, -0.25) is 4.79 Å². The molecule has 2 fully saturated rings. The molecule has 102 valence electrons. The van der Waals surface area contributed by atoms with Gasteiger partial charge in [0, 0.05) is 10.5 Å². The van der Waals surface area contributed by atoms with Gasteiger partial charge in [0.15, 0.2) is 0 Å². The molecule has 3 rings (SSSR count). The van der Waals surface area contributed by atoms with Gasteiger partial charge in [0.2, 0.25) is 0 Å². The van der Waals surface area contributed by atoms with E-state index in [-0.39, 0.29) is 0 Å². The van der Waals surface area contributed by atoms with Gasteiger partial charge in [0.1, 0.15) is 0 Å². The molecule has 0 spiro atoms. The zero-order valence-corrected chi connectivity index (χ0v) is 12.4. The maximum absolute atomic E-state index is 11.9. The Morgan fingerprint density at radius 1 is 1.26 bits per heavy atom. The summed E-state index contributed by atoms with van der Waals surface area (Å²) in [7, 11) is 0. The Hall–Kier alpha value is -0.870. The molecule has 0 aromatic heterocycles. The van der Waals surface area contributed by atoms with Crippen LogP contribution in [0.5, 0.6) is 0 Å². The van der Waals surface area contributed by atoms with Crippen molar-refractivity contribution in [2.45, 2.75) is 37.1 Å². The lowest BCUT2D eigenvalue weighted by Crippen LogP contribution is -2.48. The molecule has 4 heteroatoms. The fourth-order valence-electron chi connectivity index (χ4n) is 3.16. The third-order valence-corrected chi connectivity index (χ3v) is 5.21. The van der Waals surface area contributed by atoms with E-state index in [0.29, 0.717) is 12.8 Å². The van der Waals surface area contributed by atoms with E-state index in [9.17, 15) is 9.90 Å². The van der Waals surface area contributed by atoms with Crippen LogP contribution in [0.25, 0.3) is 0 Å². The summed E-state index contributed by atoms with van der Waals surface area (Å²) in [5.41, 5.74) is 0.212. The van der Waals surface area contributed by atoms with Gasteiger partial charge in [-0.1, -0.05) is 34.1 Å². The molecule has 1 saturated carbocycles. The largest absolute Gasteiger partial charge is 0.481 e. The molecule has 1 heterocycles. The van der Waals surface area contributed by atoms with Crippen LogP contribution in [0.3, 0.4) is 0 Å². The van der Waals surface area contributed by atoms with Crippen LogP contribution in [0, 0.1) is 0 Å². The Labute approximate surface area is 121 Å². The summed E-state index contributed by atoms with van der Waals surface area (Å²) in [5.74, 6) is -0.685. The normalized spacial score (nSPS) is 23.2. The highest BCUT2D eigenvalue weighted by atomic mass is 79.9. The summed E-state index contributed by atoms with van der Waals surface area (Å²) in [6, 6.07) is 8.48. The van der Waals surface area contributed by atoms with Crippen molar-refractivity contribution >= 4 is 21.9 Å². The predicted molar refractivity (Wildman–Crippen MR) is 77.3 cm³/mol. The fraction of sp³-hybridized carbons (Fsp3) is 0.533. The number of halogens is 1.